The topological polar surface area (TPSA) is 79.4 Å². The molecule has 0 unspecified atom stereocenters. The second-order valence-corrected chi connectivity index (χ2v) is 7.46. The van der Waals surface area contributed by atoms with Gasteiger partial charge in [-0.15, -0.1) is 11.3 Å². The monoisotopic (exact) mass is 303 g/mol. The summed E-state index contributed by atoms with van der Waals surface area (Å²) in [5.74, 6) is -0.00422. The number of nitrogens with zero attached hydrogens (tertiary/aromatic N) is 2. The van der Waals surface area contributed by atoms with Crippen LogP contribution in [0.25, 0.3) is 0 Å². The van der Waals surface area contributed by atoms with Crippen LogP contribution in [0.1, 0.15) is 25.0 Å². The van der Waals surface area contributed by atoms with E-state index in [0.717, 1.165) is 12.1 Å². The van der Waals surface area contributed by atoms with Crippen LogP contribution >= 0.6 is 11.3 Å². The molecule has 1 N–H and O–H groups in total. The highest BCUT2D eigenvalue weighted by atomic mass is 32.2. The molecule has 1 fully saturated rings. The van der Waals surface area contributed by atoms with E-state index in [1.165, 1.54) is 15.6 Å². The number of carbonyl (C=O) groups excluding carboxylic acids is 1. The van der Waals surface area contributed by atoms with Crippen molar-refractivity contribution in [2.75, 3.05) is 24.2 Å². The molecule has 0 aromatic carbocycles. The number of nitrogens with one attached hydrogen (secondary N) is 1. The fourth-order valence-electron chi connectivity index (χ4n) is 1.91. The number of thiazole rings is 1. The first-order valence-electron chi connectivity index (χ1n) is 6.17. The number of rotatable bonds is 4. The summed E-state index contributed by atoms with van der Waals surface area (Å²) in [6, 6.07) is 0. The van der Waals surface area contributed by atoms with Crippen molar-refractivity contribution >= 4 is 32.4 Å². The lowest BCUT2D eigenvalue weighted by Gasteiger charge is -2.25. The largest absolute Gasteiger partial charge is 0.302 e. The van der Waals surface area contributed by atoms with E-state index >= 15 is 0 Å². The summed E-state index contributed by atoms with van der Waals surface area (Å²) in [6.07, 6.45) is 1.74. The Morgan fingerprint density at radius 3 is 2.95 bits per heavy atom. The minimum absolute atomic E-state index is 0.165. The van der Waals surface area contributed by atoms with E-state index in [9.17, 15) is 13.2 Å². The van der Waals surface area contributed by atoms with Gasteiger partial charge < -0.3 is 5.32 Å². The Labute approximate surface area is 116 Å². The summed E-state index contributed by atoms with van der Waals surface area (Å²) >= 11 is 1.36. The lowest BCUT2D eigenvalue weighted by molar-refractivity contribution is -0.116. The maximum atomic E-state index is 11.7. The predicted molar refractivity (Wildman–Crippen MR) is 74.7 cm³/mol. The minimum Gasteiger partial charge on any atom is -0.302 e. The van der Waals surface area contributed by atoms with Gasteiger partial charge in [-0.3, -0.25) is 4.79 Å². The summed E-state index contributed by atoms with van der Waals surface area (Å²) in [5, 5.41) is 5.09. The van der Waals surface area contributed by atoms with Crippen LogP contribution in [-0.2, 0) is 14.8 Å². The van der Waals surface area contributed by atoms with Crippen molar-refractivity contribution in [3.8, 4) is 0 Å². The molecule has 0 radical (unpaired) electrons. The molecule has 0 bridgehead atoms. The summed E-state index contributed by atoms with van der Waals surface area (Å²) in [6.45, 7) is 2.62. The standard InChI is InChI=1S/C11H17N3O3S2/c1-9-8-18-11(12-9)13-10(15)4-6-14-5-2-3-7-19(14,16)17/h8H,2-7H2,1H3,(H,12,13,15). The van der Waals surface area contributed by atoms with Gasteiger partial charge in [0, 0.05) is 24.9 Å². The zero-order valence-electron chi connectivity index (χ0n) is 10.8. The molecule has 2 rings (SSSR count). The van der Waals surface area contributed by atoms with Crippen LogP contribution in [-0.4, -0.2) is 42.5 Å². The molecule has 8 heteroatoms. The number of hydrogen-bond donors (Lipinski definition) is 1. The molecule has 106 valence electrons. The molecule has 2 heterocycles. The molecule has 1 amide bonds. The van der Waals surface area contributed by atoms with Gasteiger partial charge in [-0.05, 0) is 19.8 Å². The number of aromatic nitrogens is 1. The molecule has 0 atom stereocenters. The Bertz CT molecular complexity index is 553. The Hall–Kier alpha value is -0.990. The Morgan fingerprint density at radius 1 is 1.53 bits per heavy atom. The van der Waals surface area contributed by atoms with E-state index < -0.39 is 10.0 Å². The highest BCUT2D eigenvalue weighted by Crippen LogP contribution is 2.16. The van der Waals surface area contributed by atoms with Gasteiger partial charge in [0.15, 0.2) is 5.13 Å². The normalized spacial score (nSPS) is 19.2. The first-order valence-corrected chi connectivity index (χ1v) is 8.66. The maximum Gasteiger partial charge on any atom is 0.227 e. The summed E-state index contributed by atoms with van der Waals surface area (Å²) in [5.41, 5.74) is 0.860. The van der Waals surface area contributed by atoms with Gasteiger partial charge in [0.2, 0.25) is 15.9 Å². The van der Waals surface area contributed by atoms with Gasteiger partial charge in [-0.2, -0.15) is 0 Å². The number of amides is 1. The van der Waals surface area contributed by atoms with E-state index in [-0.39, 0.29) is 24.6 Å². The molecule has 1 saturated heterocycles. The third-order valence-corrected chi connectivity index (χ3v) is 5.74. The number of carbonyl (C=O) groups is 1. The second kappa shape index (κ2) is 5.98. The SMILES string of the molecule is Cc1csc(NC(=O)CCN2CCCCS2(=O)=O)n1. The highest BCUT2D eigenvalue weighted by Gasteiger charge is 2.25. The Kier molecular flexibility index (Phi) is 4.54. The Morgan fingerprint density at radius 2 is 2.32 bits per heavy atom. The van der Waals surface area contributed by atoms with Crippen molar-refractivity contribution in [1.82, 2.24) is 9.29 Å². The molecule has 1 aromatic heterocycles. The molecule has 0 aliphatic carbocycles. The third kappa shape index (κ3) is 3.99. The molecule has 19 heavy (non-hydrogen) atoms. The average Bonchev–Trinajstić information content (AvgIpc) is 2.73. The minimum atomic E-state index is -3.15. The molecular formula is C11H17N3O3S2. The molecule has 6 nitrogen and oxygen atoms in total. The van der Waals surface area contributed by atoms with E-state index in [1.54, 1.807) is 0 Å². The fraction of sp³-hybridized carbons (Fsp3) is 0.636. The first kappa shape index (κ1) is 14.4. The maximum absolute atomic E-state index is 11.7. The van der Waals surface area contributed by atoms with Crippen LogP contribution in [0.5, 0.6) is 0 Å². The van der Waals surface area contributed by atoms with Crippen molar-refractivity contribution in [3.05, 3.63) is 11.1 Å². The Balaban J connectivity index is 1.83. The van der Waals surface area contributed by atoms with Crippen molar-refractivity contribution in [2.24, 2.45) is 0 Å². The number of aryl methyl sites for hydroxylation is 1. The quantitative estimate of drug-likeness (QED) is 0.906. The molecule has 1 aliphatic heterocycles. The average molecular weight is 303 g/mol. The van der Waals surface area contributed by atoms with Crippen LogP contribution in [0, 0.1) is 6.92 Å². The van der Waals surface area contributed by atoms with E-state index in [1.807, 2.05) is 12.3 Å². The van der Waals surface area contributed by atoms with Gasteiger partial charge >= 0.3 is 0 Å². The number of anilines is 1. The molecular weight excluding hydrogens is 286 g/mol. The van der Waals surface area contributed by atoms with Gasteiger partial charge in [-0.25, -0.2) is 17.7 Å². The van der Waals surface area contributed by atoms with Crippen LogP contribution in [0.4, 0.5) is 5.13 Å². The predicted octanol–water partition coefficient (Wildman–Crippen LogP) is 1.21. The van der Waals surface area contributed by atoms with Gasteiger partial charge in [0.25, 0.3) is 0 Å². The van der Waals surface area contributed by atoms with Crippen LogP contribution in [0.15, 0.2) is 5.38 Å². The fourth-order valence-corrected chi connectivity index (χ4v) is 4.22. The molecule has 1 aromatic rings. The first-order chi connectivity index (χ1) is 8.97. The van der Waals surface area contributed by atoms with Gasteiger partial charge in [0.1, 0.15) is 0 Å². The van der Waals surface area contributed by atoms with Gasteiger partial charge in [0.05, 0.1) is 11.4 Å². The highest BCUT2D eigenvalue weighted by molar-refractivity contribution is 7.89. The van der Waals surface area contributed by atoms with Crippen molar-refractivity contribution < 1.29 is 13.2 Å². The molecule has 1 aliphatic rings. The van der Waals surface area contributed by atoms with Crippen molar-refractivity contribution in [2.45, 2.75) is 26.2 Å². The van der Waals surface area contributed by atoms with Crippen molar-refractivity contribution in [1.29, 1.82) is 0 Å². The summed E-state index contributed by atoms with van der Waals surface area (Å²) in [4.78, 5) is 15.8. The third-order valence-electron chi connectivity index (χ3n) is 2.91. The summed E-state index contributed by atoms with van der Waals surface area (Å²) in [7, 11) is -3.15. The van der Waals surface area contributed by atoms with E-state index in [2.05, 4.69) is 10.3 Å². The molecule has 0 saturated carbocycles. The van der Waals surface area contributed by atoms with E-state index in [0.29, 0.717) is 18.1 Å². The zero-order chi connectivity index (χ0) is 13.9. The lowest BCUT2D eigenvalue weighted by Crippen LogP contribution is -2.39. The molecule has 0 spiro atoms. The number of hydrogen-bond acceptors (Lipinski definition) is 5. The lowest BCUT2D eigenvalue weighted by atomic mass is 10.3. The van der Waals surface area contributed by atoms with Crippen LogP contribution < -0.4 is 5.32 Å². The van der Waals surface area contributed by atoms with E-state index in [4.69, 9.17) is 0 Å². The summed E-state index contributed by atoms with van der Waals surface area (Å²) < 4.78 is 24.9. The zero-order valence-corrected chi connectivity index (χ0v) is 12.4. The van der Waals surface area contributed by atoms with Crippen LogP contribution in [0.3, 0.4) is 0 Å². The van der Waals surface area contributed by atoms with Gasteiger partial charge in [-0.1, -0.05) is 0 Å². The van der Waals surface area contributed by atoms with Crippen LogP contribution in [0.2, 0.25) is 0 Å². The number of sulfonamides is 1. The smallest absolute Gasteiger partial charge is 0.227 e. The van der Waals surface area contributed by atoms with Crippen molar-refractivity contribution in [3.63, 3.8) is 0 Å². The second-order valence-electron chi connectivity index (χ2n) is 4.51.